The molecular weight excluding hydrogens is 506 g/mol. The van der Waals surface area contributed by atoms with E-state index in [2.05, 4.69) is 30.2 Å². The second kappa shape index (κ2) is 12.7. The number of methoxy groups -OCH3 is 2. The highest BCUT2D eigenvalue weighted by molar-refractivity contribution is 7.90. The summed E-state index contributed by atoms with van der Waals surface area (Å²) in [4.78, 5) is 14.7. The highest BCUT2D eigenvalue weighted by Gasteiger charge is 2.39. The summed E-state index contributed by atoms with van der Waals surface area (Å²) in [6.07, 6.45) is 4.00. The minimum absolute atomic E-state index is 0. The standard InChI is InChI=1S/C24H29N7O4S.C2H6.H2/c1-15-13-26-22(27-14-15)16(2)17(3)36(32,33)30-24-29-28-23(18-9-6-7-12-25-18)31(24)21-19(34-4)10-8-11-20(21)35-5;1-2;/h6-14,16-17,24,29-30H,1-5H3;1-2H3;1H/t16-,17-,24?;;/m0../s1. The molecule has 0 bridgehead atoms. The molecule has 0 saturated carbocycles. The first kappa shape index (κ1) is 28.8. The number of amidine groups is 1. The zero-order chi connectivity index (χ0) is 27.9. The van der Waals surface area contributed by atoms with Crippen molar-refractivity contribution >= 4 is 21.5 Å². The lowest BCUT2D eigenvalue weighted by Crippen LogP contribution is -2.55. The third kappa shape index (κ3) is 6.03. The van der Waals surface area contributed by atoms with Crippen LogP contribution in [0.1, 0.15) is 52.1 Å². The molecule has 1 aromatic carbocycles. The maximum atomic E-state index is 13.5. The van der Waals surface area contributed by atoms with Crippen molar-refractivity contribution in [1.82, 2.24) is 25.1 Å². The van der Waals surface area contributed by atoms with E-state index in [-0.39, 0.29) is 1.43 Å². The number of hydrogen-bond donors (Lipinski definition) is 2. The Morgan fingerprint density at radius 3 is 2.18 bits per heavy atom. The van der Waals surface area contributed by atoms with Crippen molar-refractivity contribution in [2.24, 2.45) is 5.10 Å². The number of pyridine rings is 1. The number of aromatic nitrogens is 3. The molecule has 3 heterocycles. The van der Waals surface area contributed by atoms with E-state index in [1.807, 2.05) is 26.8 Å². The number of benzene rings is 1. The Balaban J connectivity index is 0.00000174. The highest BCUT2D eigenvalue weighted by atomic mass is 32.2. The van der Waals surface area contributed by atoms with Gasteiger partial charge in [0.1, 0.15) is 28.7 Å². The van der Waals surface area contributed by atoms with E-state index in [4.69, 9.17) is 9.47 Å². The van der Waals surface area contributed by atoms with Gasteiger partial charge < -0.3 is 9.47 Å². The molecule has 4 rings (SSSR count). The summed E-state index contributed by atoms with van der Waals surface area (Å²) in [5.74, 6) is 1.33. The maximum absolute atomic E-state index is 13.5. The van der Waals surface area contributed by atoms with Gasteiger partial charge in [0.2, 0.25) is 10.0 Å². The van der Waals surface area contributed by atoms with Crippen LogP contribution >= 0.6 is 0 Å². The molecule has 206 valence electrons. The van der Waals surface area contributed by atoms with Gasteiger partial charge in [-0.2, -0.15) is 9.82 Å². The molecule has 0 fully saturated rings. The number of nitrogens with one attached hydrogen (secondary N) is 2. The van der Waals surface area contributed by atoms with Crippen molar-refractivity contribution in [3.05, 3.63) is 72.1 Å². The topological polar surface area (TPSA) is 131 Å². The average Bonchev–Trinajstić information content (AvgIpc) is 3.35. The van der Waals surface area contributed by atoms with E-state index in [1.54, 1.807) is 67.7 Å². The third-order valence-corrected chi connectivity index (χ3v) is 7.93. The largest absolute Gasteiger partial charge is 0.494 e. The molecule has 3 aromatic rings. The second-order valence-electron chi connectivity index (χ2n) is 8.34. The van der Waals surface area contributed by atoms with Crippen molar-refractivity contribution in [2.45, 2.75) is 52.1 Å². The summed E-state index contributed by atoms with van der Waals surface area (Å²) in [7, 11) is -0.833. The number of sulfonamides is 1. The van der Waals surface area contributed by atoms with Gasteiger partial charge in [-0.25, -0.2) is 18.4 Å². The van der Waals surface area contributed by atoms with Crippen LogP contribution in [-0.2, 0) is 10.0 Å². The molecule has 38 heavy (non-hydrogen) atoms. The second-order valence-corrected chi connectivity index (χ2v) is 10.4. The fourth-order valence-electron chi connectivity index (χ4n) is 3.79. The zero-order valence-corrected chi connectivity index (χ0v) is 23.5. The first-order chi connectivity index (χ1) is 18.3. The van der Waals surface area contributed by atoms with Gasteiger partial charge in [0.25, 0.3) is 0 Å². The molecule has 1 aliphatic rings. The van der Waals surface area contributed by atoms with E-state index in [0.717, 1.165) is 5.56 Å². The number of nitrogens with zero attached hydrogens (tertiary/aromatic N) is 5. The Kier molecular flexibility index (Phi) is 9.59. The Hall–Kier alpha value is -3.77. The maximum Gasteiger partial charge on any atom is 0.218 e. The Labute approximate surface area is 225 Å². The summed E-state index contributed by atoms with van der Waals surface area (Å²) in [5.41, 5.74) is 4.82. The van der Waals surface area contributed by atoms with Gasteiger partial charge in [-0.15, -0.1) is 0 Å². The Morgan fingerprint density at radius 1 is 1.00 bits per heavy atom. The molecule has 1 unspecified atom stereocenters. The lowest BCUT2D eigenvalue weighted by atomic mass is 10.1. The fraction of sp³-hybridized carbons (Fsp3) is 0.385. The summed E-state index contributed by atoms with van der Waals surface area (Å²) in [6.45, 7) is 9.29. The number of aryl methyl sites for hydroxylation is 1. The minimum Gasteiger partial charge on any atom is -0.494 e. The van der Waals surface area contributed by atoms with Gasteiger partial charge in [-0.1, -0.05) is 32.9 Å². The van der Waals surface area contributed by atoms with E-state index in [9.17, 15) is 8.42 Å². The van der Waals surface area contributed by atoms with Crippen molar-refractivity contribution in [3.8, 4) is 11.5 Å². The van der Waals surface area contributed by atoms with Crippen LogP contribution in [0.4, 0.5) is 5.69 Å². The van der Waals surface area contributed by atoms with Crippen LogP contribution in [0.2, 0.25) is 0 Å². The average molecular weight is 544 g/mol. The van der Waals surface area contributed by atoms with Crippen LogP contribution in [0.5, 0.6) is 11.5 Å². The summed E-state index contributed by atoms with van der Waals surface area (Å²) in [6, 6.07) is 10.7. The minimum atomic E-state index is -3.90. The smallest absolute Gasteiger partial charge is 0.218 e. The van der Waals surface area contributed by atoms with Gasteiger partial charge in [0.15, 0.2) is 12.1 Å². The third-order valence-electron chi connectivity index (χ3n) is 5.99. The predicted molar refractivity (Wildman–Crippen MR) is 150 cm³/mol. The molecule has 1 aliphatic heterocycles. The van der Waals surface area contributed by atoms with Gasteiger partial charge in [-0.3, -0.25) is 15.3 Å². The molecule has 0 radical (unpaired) electrons. The molecule has 0 amide bonds. The lowest BCUT2D eigenvalue weighted by molar-refractivity contribution is 0.392. The highest BCUT2D eigenvalue weighted by Crippen LogP contribution is 2.40. The molecule has 2 N–H and O–H groups in total. The van der Waals surface area contributed by atoms with Crippen LogP contribution in [0.15, 0.2) is 60.1 Å². The molecule has 2 aromatic heterocycles. The van der Waals surface area contributed by atoms with Crippen LogP contribution in [0.3, 0.4) is 0 Å². The predicted octanol–water partition coefficient (Wildman–Crippen LogP) is 3.64. The van der Waals surface area contributed by atoms with Gasteiger partial charge in [0.05, 0.1) is 19.5 Å². The van der Waals surface area contributed by atoms with E-state index in [0.29, 0.717) is 34.5 Å². The summed E-state index contributed by atoms with van der Waals surface area (Å²) >= 11 is 0. The van der Waals surface area contributed by atoms with Gasteiger partial charge in [-0.05, 0) is 43.7 Å². The lowest BCUT2D eigenvalue weighted by Gasteiger charge is -2.31. The molecular formula is C26H37N7O4S. The quantitative estimate of drug-likeness (QED) is 0.415. The zero-order valence-electron chi connectivity index (χ0n) is 22.7. The molecule has 0 spiro atoms. The molecule has 0 saturated heterocycles. The molecule has 0 aliphatic carbocycles. The normalized spacial score (nSPS) is 16.4. The monoisotopic (exact) mass is 543 g/mol. The molecule has 12 heteroatoms. The Bertz CT molecular complexity index is 1320. The Morgan fingerprint density at radius 2 is 1.63 bits per heavy atom. The van der Waals surface area contributed by atoms with Crippen LogP contribution in [-0.4, -0.2) is 55.0 Å². The van der Waals surface area contributed by atoms with Crippen molar-refractivity contribution in [3.63, 3.8) is 0 Å². The van der Waals surface area contributed by atoms with Crippen molar-refractivity contribution in [1.29, 1.82) is 0 Å². The summed E-state index contributed by atoms with van der Waals surface area (Å²) < 4.78 is 41.0. The fourth-order valence-corrected chi connectivity index (χ4v) is 5.14. The molecule has 3 atom stereocenters. The number of hydrazone groups is 1. The van der Waals surface area contributed by atoms with Crippen molar-refractivity contribution in [2.75, 3.05) is 19.1 Å². The number of para-hydroxylation sites is 1. The van der Waals surface area contributed by atoms with Crippen LogP contribution < -0.4 is 24.5 Å². The number of anilines is 1. The SMILES string of the molecule is CC.COc1cccc(OC)c1N1C(c2ccccn2)=NNC1NS(=O)(=O)[C@@H](C)[C@H](C)c1ncc(C)cn1.[HH]. The first-order valence-corrected chi connectivity index (χ1v) is 13.9. The number of ether oxygens (including phenoxy) is 2. The number of hydrogen-bond acceptors (Lipinski definition) is 10. The number of rotatable bonds is 9. The van der Waals surface area contributed by atoms with Crippen LogP contribution in [0.25, 0.3) is 0 Å². The van der Waals surface area contributed by atoms with Gasteiger partial charge in [0, 0.05) is 25.9 Å². The summed E-state index contributed by atoms with van der Waals surface area (Å²) in [5, 5.41) is 3.57. The van der Waals surface area contributed by atoms with Gasteiger partial charge >= 0.3 is 0 Å². The van der Waals surface area contributed by atoms with E-state index < -0.39 is 27.5 Å². The van der Waals surface area contributed by atoms with E-state index >= 15 is 0 Å². The van der Waals surface area contributed by atoms with E-state index in [1.165, 1.54) is 14.2 Å². The first-order valence-electron chi connectivity index (χ1n) is 12.3. The van der Waals surface area contributed by atoms with Crippen LogP contribution in [0, 0.1) is 6.92 Å². The van der Waals surface area contributed by atoms with Crippen molar-refractivity contribution < 1.29 is 19.3 Å². The molecule has 11 nitrogen and oxygen atoms in total.